The number of aliphatic hydroxyl groups is 4. The molecular weight excluding hydrogens is 1630 g/mol. The molecule has 3 aromatic heterocycles. The number of aromatic hydroxyl groups is 1. The maximum absolute atomic E-state index is 14.5. The number of ether oxygens (including phenoxy) is 12. The molecule has 0 bridgehead atoms. The average Bonchev–Trinajstić information content (AvgIpc) is 1.60. The maximum Gasteiger partial charge on any atom is 0.410 e. The van der Waals surface area contributed by atoms with Crippen molar-refractivity contribution in [2.24, 2.45) is 5.92 Å². The highest BCUT2D eigenvalue weighted by Gasteiger charge is 2.49. The van der Waals surface area contributed by atoms with Crippen LogP contribution in [0.3, 0.4) is 0 Å². The zero-order valence-electron chi connectivity index (χ0n) is 72.5. The standard InChI is InChI=1S/C86H120N12O27/c1-11-86(113)61-43-66-73-54(44-98(66)81(108)60(61)49-122-84(86)111)41-56-59(68(99)20-18-62(56)91-73)46-97(51(4)5)85(112)123-48-53-15-17-63(69(40-53)124-83-76(104)74(102)75(103)77(125-83)82(109)110)92-78(105)52(6)89-80(107)72(50(2)3)93-79(106)64(90-71(101)22-25-115-28-29-117-32-33-119-36-37-121-39-38-120-35-34-118-31-30-116-27-26-114-10)14-12-13-23-88-70(100)21-24-96-65-19-16-55(87-7)42-57(65)58-45-94(8)95(9)47-67(58)96/h15-20,40-43,50-52,64,72,74-77,83,87,99,102-104,113H,11-14,21-39,44-49H2,1-10H3,(H,88,100)(H,89,107)(H,90,101)(H,92,105)(H,93,106)(H,109,110)/t52-,64-,72-,74-,75-,76+,77-,83+,86-/m0/s1. The number of aliphatic hydroxyl groups excluding tert-OH is 3. The highest BCUT2D eigenvalue weighted by molar-refractivity contribution is 6.00. The lowest BCUT2D eigenvalue weighted by Crippen LogP contribution is -2.61. The number of phenolic OH excluding ortho intramolecular Hbond substituents is 1. The van der Waals surface area contributed by atoms with Crippen molar-refractivity contribution in [3.05, 3.63) is 110 Å². The second-order valence-electron chi connectivity index (χ2n) is 31.6. The van der Waals surface area contributed by atoms with Gasteiger partial charge in [0.2, 0.25) is 35.8 Å². The number of pyridine rings is 2. The van der Waals surface area contributed by atoms with Crippen LogP contribution in [0.25, 0.3) is 33.2 Å². The molecule has 6 amide bonds. The molecule has 4 aliphatic heterocycles. The van der Waals surface area contributed by atoms with Crippen molar-refractivity contribution in [2.45, 2.75) is 186 Å². The number of rotatable bonds is 50. The zero-order chi connectivity index (χ0) is 90.2. The molecule has 0 radical (unpaired) electrons. The topological polar surface area (TPSA) is 490 Å². The van der Waals surface area contributed by atoms with Gasteiger partial charge in [-0.2, -0.15) is 0 Å². The van der Waals surface area contributed by atoms with Gasteiger partial charge in [-0.05, 0) is 118 Å². The van der Waals surface area contributed by atoms with Gasteiger partial charge in [-0.1, -0.05) is 26.8 Å². The van der Waals surface area contributed by atoms with Crippen LogP contribution < -0.4 is 42.2 Å². The first kappa shape index (κ1) is 97.1. The van der Waals surface area contributed by atoms with E-state index in [1.165, 1.54) is 46.2 Å². The summed E-state index contributed by atoms with van der Waals surface area (Å²) in [5.74, 6) is -6.87. The van der Waals surface area contributed by atoms with Crippen LogP contribution in [0.1, 0.15) is 119 Å². The predicted octanol–water partition coefficient (Wildman–Crippen LogP) is 2.99. The number of hydrogen-bond acceptors (Lipinski definition) is 30. The number of esters is 1. The Morgan fingerprint density at radius 3 is 1.96 bits per heavy atom. The summed E-state index contributed by atoms with van der Waals surface area (Å²) in [6.45, 7) is 16.0. The van der Waals surface area contributed by atoms with Crippen LogP contribution in [0.4, 0.5) is 16.2 Å². The van der Waals surface area contributed by atoms with Crippen molar-refractivity contribution >= 4 is 80.7 Å². The summed E-state index contributed by atoms with van der Waals surface area (Å²) in [7, 11) is 7.54. The van der Waals surface area contributed by atoms with Crippen molar-refractivity contribution in [2.75, 3.05) is 145 Å². The van der Waals surface area contributed by atoms with Crippen LogP contribution >= 0.6 is 0 Å². The number of aromatic nitrogens is 3. The van der Waals surface area contributed by atoms with E-state index >= 15 is 0 Å². The van der Waals surface area contributed by atoms with Crippen LogP contribution in [0, 0.1) is 5.92 Å². The van der Waals surface area contributed by atoms with Gasteiger partial charge in [0.1, 0.15) is 61.2 Å². The Bertz CT molecular complexity index is 4770. The number of anilines is 2. The fraction of sp³-hybridized carbons (Fsp3) is 0.581. The molecule has 10 rings (SSSR count). The lowest BCUT2D eigenvalue weighted by Gasteiger charge is -2.38. The number of hydrogen-bond donors (Lipinski definition) is 12. The lowest BCUT2D eigenvalue weighted by atomic mass is 9.86. The van der Waals surface area contributed by atoms with Gasteiger partial charge in [-0.3, -0.25) is 28.8 Å². The minimum Gasteiger partial charge on any atom is -0.508 e. The van der Waals surface area contributed by atoms with Gasteiger partial charge >= 0.3 is 18.0 Å². The van der Waals surface area contributed by atoms with Crippen molar-refractivity contribution < 1.29 is 126 Å². The maximum atomic E-state index is 14.5. The van der Waals surface area contributed by atoms with E-state index in [0.717, 1.165) is 22.3 Å². The number of amides is 6. The first-order valence-corrected chi connectivity index (χ1v) is 42.2. The minimum atomic E-state index is -2.12. The fourth-order valence-corrected chi connectivity index (χ4v) is 14.9. The molecule has 12 N–H and O–H groups in total. The molecular formula is C86H120N12O27. The Morgan fingerprint density at radius 2 is 1.34 bits per heavy atom. The molecule has 1 saturated heterocycles. The predicted molar refractivity (Wildman–Crippen MR) is 451 cm³/mol. The van der Waals surface area contributed by atoms with Gasteiger partial charge in [0, 0.05) is 111 Å². The first-order valence-electron chi connectivity index (χ1n) is 42.2. The average molecular weight is 1750 g/mol. The molecule has 6 aromatic rings. The number of benzene rings is 3. The van der Waals surface area contributed by atoms with Gasteiger partial charge < -0.3 is 133 Å². The Labute approximate surface area is 723 Å². The largest absolute Gasteiger partial charge is 0.508 e. The van der Waals surface area contributed by atoms with E-state index in [2.05, 4.69) is 58.6 Å². The summed E-state index contributed by atoms with van der Waals surface area (Å²) in [6, 6.07) is 12.0. The van der Waals surface area contributed by atoms with Gasteiger partial charge in [-0.25, -0.2) is 29.4 Å². The number of unbranched alkanes of at least 4 members (excludes halogenated alkanes) is 1. The number of aryl methyl sites for hydroxylation is 1. The van der Waals surface area contributed by atoms with Crippen molar-refractivity contribution in [3.63, 3.8) is 0 Å². The van der Waals surface area contributed by atoms with Gasteiger partial charge in [0.25, 0.3) is 5.56 Å². The SMILES string of the molecule is CC[C@@]1(O)C(=O)OCc2c1cc1n(c2=O)Cc2cc3c(CN(C(=O)OCc4ccc(NC(=O)[C@H](C)NC(=O)[C@@H](NC(=O)[C@H](CCCCNC(=O)CCn5c6c(c7cc(NC)ccc75)CN(C)N(C)C6)NC(=O)CCOCCOCCOCCOCCOCCOCCOCCOC)C(C)C)c(O[C@@H]5O[C@H](C(=O)O)[C@@H](O)[C@H](O)[C@H]5O)c4)C(C)C)c(O)ccc3nc2-1. The number of nitrogens with zero attached hydrogens (tertiary/aromatic N) is 6. The molecule has 0 unspecified atom stereocenters. The van der Waals surface area contributed by atoms with Crippen molar-refractivity contribution in [3.8, 4) is 22.9 Å². The van der Waals surface area contributed by atoms with E-state index in [4.69, 9.17) is 61.8 Å². The number of hydrazine groups is 1. The molecule has 0 saturated carbocycles. The molecule has 686 valence electrons. The molecule has 39 nitrogen and oxygen atoms in total. The summed E-state index contributed by atoms with van der Waals surface area (Å²) < 4.78 is 69.9. The normalized spacial score (nSPS) is 18.8. The molecule has 125 heavy (non-hydrogen) atoms. The summed E-state index contributed by atoms with van der Waals surface area (Å²) in [5.41, 5.74) is 4.08. The Balaban J connectivity index is 0.752. The van der Waals surface area contributed by atoms with E-state index in [9.17, 15) is 73.8 Å². The highest BCUT2D eigenvalue weighted by Crippen LogP contribution is 2.41. The van der Waals surface area contributed by atoms with E-state index < -0.39 is 120 Å². The molecule has 4 aliphatic rings. The van der Waals surface area contributed by atoms with Crippen LogP contribution in [0.15, 0.2) is 65.5 Å². The quantitative estimate of drug-likeness (QED) is 0.0193. The van der Waals surface area contributed by atoms with E-state index in [0.29, 0.717) is 133 Å². The first-order chi connectivity index (χ1) is 60.0. The molecule has 0 spiro atoms. The number of cyclic esters (lactones) is 1. The number of carbonyl (C=O) groups is 8. The smallest absolute Gasteiger partial charge is 0.410 e. The molecule has 3 aromatic carbocycles. The number of aliphatic carboxylic acids is 1. The summed E-state index contributed by atoms with van der Waals surface area (Å²) in [4.78, 5) is 130. The number of carbonyl (C=O) groups excluding carboxylic acids is 7. The van der Waals surface area contributed by atoms with Gasteiger partial charge in [-0.15, -0.1) is 0 Å². The fourth-order valence-electron chi connectivity index (χ4n) is 14.9. The molecule has 7 heterocycles. The molecule has 0 aliphatic carbocycles. The number of nitrogens with one attached hydrogen (secondary N) is 6. The second-order valence-corrected chi connectivity index (χ2v) is 31.6. The summed E-state index contributed by atoms with van der Waals surface area (Å²) >= 11 is 0. The molecule has 1 fully saturated rings. The van der Waals surface area contributed by atoms with Crippen molar-refractivity contribution in [1.29, 1.82) is 0 Å². The van der Waals surface area contributed by atoms with Gasteiger partial charge in [0.15, 0.2) is 11.7 Å². The van der Waals surface area contributed by atoms with Gasteiger partial charge in [0.05, 0.1) is 147 Å². The van der Waals surface area contributed by atoms with E-state index in [1.807, 2.05) is 27.2 Å². The number of fused-ring (bicyclic) bond motifs is 8. The third kappa shape index (κ3) is 25.2. The second kappa shape index (κ2) is 46.4. The Hall–Kier alpha value is -10.1. The van der Waals surface area contributed by atoms with Crippen LogP contribution in [0.5, 0.6) is 11.5 Å². The van der Waals surface area contributed by atoms with Crippen LogP contribution in [-0.4, -0.2) is 296 Å². The lowest BCUT2D eigenvalue weighted by molar-refractivity contribution is -0.271. The Morgan fingerprint density at radius 1 is 0.688 bits per heavy atom. The van der Waals surface area contributed by atoms with Crippen molar-refractivity contribution in [1.82, 2.24) is 50.3 Å². The van der Waals surface area contributed by atoms with E-state index in [-0.39, 0.29) is 124 Å². The summed E-state index contributed by atoms with van der Waals surface area (Å²) in [5, 5.41) is 88.2. The van der Waals surface area contributed by atoms with E-state index in [1.54, 1.807) is 59.9 Å². The monoisotopic (exact) mass is 1750 g/mol. The van der Waals surface area contributed by atoms with Crippen LogP contribution in [-0.2, 0) is 137 Å². The number of methoxy groups -OCH3 is 1. The third-order valence-electron chi connectivity index (χ3n) is 22.2. The molecule has 39 heteroatoms. The number of carboxylic acid groups (broad SMARTS) is 1. The Kier molecular flexibility index (Phi) is 36.1. The third-order valence-corrected chi connectivity index (χ3v) is 22.2. The zero-order valence-corrected chi connectivity index (χ0v) is 72.5. The number of carboxylic acids is 1. The minimum absolute atomic E-state index is 0.0264. The summed E-state index contributed by atoms with van der Waals surface area (Å²) in [6.07, 6.45) is -10.5. The van der Waals surface area contributed by atoms with Crippen LogP contribution in [0.2, 0.25) is 0 Å². The highest BCUT2D eigenvalue weighted by atomic mass is 16.7. The molecule has 9 atom stereocenters. The number of phenols is 1.